The second kappa shape index (κ2) is 6.36. The van der Waals surface area contributed by atoms with Gasteiger partial charge in [-0.2, -0.15) is 0 Å². The highest BCUT2D eigenvalue weighted by molar-refractivity contribution is 7.09. The molecule has 0 radical (unpaired) electrons. The zero-order valence-corrected chi connectivity index (χ0v) is 12.1. The molecule has 1 aromatic carbocycles. The lowest BCUT2D eigenvalue weighted by Crippen LogP contribution is -2.20. The van der Waals surface area contributed by atoms with Crippen LogP contribution >= 0.6 is 11.3 Å². The fourth-order valence-electron chi connectivity index (χ4n) is 2.05. The monoisotopic (exact) mass is 306 g/mol. The second-order valence-electron chi connectivity index (χ2n) is 4.59. The standard InChI is InChI=1S/C14H14N2O4S/c1-9(8-10-4-3-7-21-10)15-13-11(14(17)18)5-2-6-12(13)16(19)20/h2-7,9,15H,8H2,1H3,(H,17,18). The molecular formula is C14H14N2O4S. The molecule has 0 saturated carbocycles. The van der Waals surface area contributed by atoms with Gasteiger partial charge in [0.05, 0.1) is 10.5 Å². The van der Waals surface area contributed by atoms with E-state index in [1.54, 1.807) is 11.3 Å². The first-order valence-electron chi connectivity index (χ1n) is 6.28. The third-order valence-electron chi connectivity index (χ3n) is 2.95. The van der Waals surface area contributed by atoms with E-state index in [-0.39, 0.29) is 23.0 Å². The summed E-state index contributed by atoms with van der Waals surface area (Å²) in [5, 5.41) is 25.2. The van der Waals surface area contributed by atoms with E-state index in [4.69, 9.17) is 0 Å². The van der Waals surface area contributed by atoms with Crippen molar-refractivity contribution in [2.45, 2.75) is 19.4 Å². The summed E-state index contributed by atoms with van der Waals surface area (Å²) in [7, 11) is 0. The number of thiophene rings is 1. The maximum Gasteiger partial charge on any atom is 0.338 e. The number of rotatable bonds is 6. The maximum absolute atomic E-state index is 11.2. The van der Waals surface area contributed by atoms with Gasteiger partial charge in [-0.25, -0.2) is 4.79 Å². The van der Waals surface area contributed by atoms with Gasteiger partial charge < -0.3 is 10.4 Å². The fourth-order valence-corrected chi connectivity index (χ4v) is 2.89. The third kappa shape index (κ3) is 3.57. The van der Waals surface area contributed by atoms with Crippen molar-refractivity contribution in [3.8, 4) is 0 Å². The van der Waals surface area contributed by atoms with Crippen LogP contribution in [-0.2, 0) is 6.42 Å². The van der Waals surface area contributed by atoms with Crippen LogP contribution in [0.2, 0.25) is 0 Å². The zero-order chi connectivity index (χ0) is 15.4. The SMILES string of the molecule is CC(Cc1cccs1)Nc1c(C(=O)O)cccc1[N+](=O)[O-]. The summed E-state index contributed by atoms with van der Waals surface area (Å²) in [6.45, 7) is 1.86. The number of hydrogen-bond acceptors (Lipinski definition) is 5. The van der Waals surface area contributed by atoms with E-state index in [1.807, 2.05) is 24.4 Å². The minimum Gasteiger partial charge on any atom is -0.478 e. The predicted molar refractivity (Wildman–Crippen MR) is 81.2 cm³/mol. The molecule has 2 N–H and O–H groups in total. The van der Waals surface area contributed by atoms with Crippen LogP contribution in [0.25, 0.3) is 0 Å². The molecule has 0 amide bonds. The van der Waals surface area contributed by atoms with E-state index in [2.05, 4.69) is 5.32 Å². The van der Waals surface area contributed by atoms with Crippen LogP contribution in [0.5, 0.6) is 0 Å². The van der Waals surface area contributed by atoms with Crippen LogP contribution in [0.4, 0.5) is 11.4 Å². The summed E-state index contributed by atoms with van der Waals surface area (Å²) in [5.41, 5.74) is -0.269. The lowest BCUT2D eigenvalue weighted by Gasteiger charge is -2.16. The first-order chi connectivity index (χ1) is 9.99. The third-order valence-corrected chi connectivity index (χ3v) is 3.85. The Kier molecular flexibility index (Phi) is 4.54. The summed E-state index contributed by atoms with van der Waals surface area (Å²) in [6.07, 6.45) is 0.669. The molecule has 7 heteroatoms. The van der Waals surface area contributed by atoms with Gasteiger partial charge in [-0.1, -0.05) is 12.1 Å². The summed E-state index contributed by atoms with van der Waals surface area (Å²) in [4.78, 5) is 22.9. The average molecular weight is 306 g/mol. The van der Waals surface area contributed by atoms with Crippen molar-refractivity contribution in [1.29, 1.82) is 0 Å². The minimum atomic E-state index is -1.19. The number of carbonyl (C=O) groups is 1. The maximum atomic E-state index is 11.2. The Morgan fingerprint density at radius 1 is 1.43 bits per heavy atom. The van der Waals surface area contributed by atoms with E-state index in [1.165, 1.54) is 18.2 Å². The van der Waals surface area contributed by atoms with Crippen molar-refractivity contribution >= 4 is 28.7 Å². The van der Waals surface area contributed by atoms with Crippen molar-refractivity contribution in [3.63, 3.8) is 0 Å². The van der Waals surface area contributed by atoms with Crippen molar-refractivity contribution in [3.05, 3.63) is 56.3 Å². The molecule has 1 atom stereocenters. The molecule has 2 aromatic rings. The molecule has 1 aromatic heterocycles. The molecule has 0 spiro atoms. The first kappa shape index (κ1) is 15.0. The average Bonchev–Trinajstić information content (AvgIpc) is 2.91. The molecule has 1 heterocycles. The molecule has 0 aliphatic carbocycles. The van der Waals surface area contributed by atoms with Crippen LogP contribution in [0, 0.1) is 10.1 Å². The minimum absolute atomic E-state index is 0.0547. The van der Waals surface area contributed by atoms with Crippen LogP contribution in [0.3, 0.4) is 0 Å². The van der Waals surface area contributed by atoms with E-state index in [0.29, 0.717) is 6.42 Å². The smallest absolute Gasteiger partial charge is 0.338 e. The van der Waals surface area contributed by atoms with Gasteiger partial charge in [0.2, 0.25) is 0 Å². The summed E-state index contributed by atoms with van der Waals surface area (Å²) >= 11 is 1.59. The first-order valence-corrected chi connectivity index (χ1v) is 7.16. The van der Waals surface area contributed by atoms with E-state index in [9.17, 15) is 20.0 Å². The molecule has 0 aliphatic rings. The Labute approximate surface area is 125 Å². The molecule has 0 aliphatic heterocycles. The quantitative estimate of drug-likeness (QED) is 0.630. The number of aromatic carboxylic acids is 1. The zero-order valence-electron chi connectivity index (χ0n) is 11.3. The Hall–Kier alpha value is -2.41. The summed E-state index contributed by atoms with van der Waals surface area (Å²) in [6, 6.07) is 7.81. The number of anilines is 1. The van der Waals surface area contributed by atoms with Crippen molar-refractivity contribution in [2.24, 2.45) is 0 Å². The van der Waals surface area contributed by atoms with Crippen molar-refractivity contribution in [2.75, 3.05) is 5.32 Å². The number of hydrogen-bond donors (Lipinski definition) is 2. The van der Waals surface area contributed by atoms with Crippen molar-refractivity contribution in [1.82, 2.24) is 0 Å². The van der Waals surface area contributed by atoms with Crippen LogP contribution < -0.4 is 5.32 Å². The van der Waals surface area contributed by atoms with Gasteiger partial charge >= 0.3 is 5.97 Å². The van der Waals surface area contributed by atoms with Crippen LogP contribution in [0.15, 0.2) is 35.7 Å². The van der Waals surface area contributed by atoms with Gasteiger partial charge in [0.25, 0.3) is 5.69 Å². The number of nitro benzene ring substituents is 1. The van der Waals surface area contributed by atoms with Crippen molar-refractivity contribution < 1.29 is 14.8 Å². The number of carboxylic acids is 1. The highest BCUT2D eigenvalue weighted by Crippen LogP contribution is 2.29. The topological polar surface area (TPSA) is 92.5 Å². The molecule has 21 heavy (non-hydrogen) atoms. The van der Waals surface area contributed by atoms with Crippen LogP contribution in [0.1, 0.15) is 22.2 Å². The molecule has 0 bridgehead atoms. The van der Waals surface area contributed by atoms with Gasteiger partial charge in [0.1, 0.15) is 5.69 Å². The highest BCUT2D eigenvalue weighted by atomic mass is 32.1. The molecule has 0 saturated heterocycles. The van der Waals surface area contributed by atoms with E-state index < -0.39 is 10.9 Å². The summed E-state index contributed by atoms with van der Waals surface area (Å²) in [5.74, 6) is -1.19. The highest BCUT2D eigenvalue weighted by Gasteiger charge is 2.22. The normalized spacial score (nSPS) is 11.9. The Balaban J connectivity index is 2.28. The second-order valence-corrected chi connectivity index (χ2v) is 5.62. The predicted octanol–water partition coefficient (Wildman–Crippen LogP) is 3.40. The number of para-hydroxylation sites is 1. The van der Waals surface area contributed by atoms with Gasteiger partial charge in [-0.3, -0.25) is 10.1 Å². The molecule has 6 nitrogen and oxygen atoms in total. The number of benzene rings is 1. The van der Waals surface area contributed by atoms with Gasteiger partial charge in [0.15, 0.2) is 0 Å². The fraction of sp³-hybridized carbons (Fsp3) is 0.214. The molecular weight excluding hydrogens is 292 g/mol. The number of carboxylic acid groups (broad SMARTS) is 1. The summed E-state index contributed by atoms with van der Waals surface area (Å²) < 4.78 is 0. The van der Waals surface area contributed by atoms with Gasteiger partial charge in [-0.05, 0) is 24.4 Å². The largest absolute Gasteiger partial charge is 0.478 e. The lowest BCUT2D eigenvalue weighted by molar-refractivity contribution is -0.384. The van der Waals surface area contributed by atoms with Gasteiger partial charge in [0, 0.05) is 23.4 Å². The van der Waals surface area contributed by atoms with Crippen LogP contribution in [-0.4, -0.2) is 22.0 Å². The lowest BCUT2D eigenvalue weighted by atomic mass is 10.1. The molecule has 2 rings (SSSR count). The van der Waals surface area contributed by atoms with Gasteiger partial charge in [-0.15, -0.1) is 11.3 Å². The molecule has 1 unspecified atom stereocenters. The Morgan fingerprint density at radius 2 is 2.19 bits per heavy atom. The number of nitro groups is 1. The Morgan fingerprint density at radius 3 is 2.76 bits per heavy atom. The van der Waals surface area contributed by atoms with E-state index in [0.717, 1.165) is 4.88 Å². The molecule has 0 fully saturated rings. The number of nitrogens with one attached hydrogen (secondary N) is 1. The molecule has 110 valence electrons. The van der Waals surface area contributed by atoms with E-state index >= 15 is 0 Å². The number of nitrogens with zero attached hydrogens (tertiary/aromatic N) is 1. The Bertz CT molecular complexity index is 623.